The number of nitrogens with zero attached hydrogens (tertiary/aromatic N) is 2. The maximum absolute atomic E-state index is 13.2. The molecule has 2 fully saturated rings. The molecule has 2 heterocycles. The number of ether oxygens (including phenoxy) is 1. The van der Waals surface area contributed by atoms with Crippen molar-refractivity contribution in [3.63, 3.8) is 0 Å². The zero-order valence-corrected chi connectivity index (χ0v) is 15.2. The summed E-state index contributed by atoms with van der Waals surface area (Å²) in [5.41, 5.74) is 2.02. The number of piperidine rings is 1. The Labute approximate surface area is 149 Å². The fraction of sp³-hybridized carbons (Fsp3) is 0.579. The maximum atomic E-state index is 13.2. The Balaban J connectivity index is 1.87. The van der Waals surface area contributed by atoms with Gasteiger partial charge in [-0.2, -0.15) is 0 Å². The van der Waals surface area contributed by atoms with Crippen molar-refractivity contribution in [1.29, 1.82) is 0 Å². The van der Waals surface area contributed by atoms with E-state index in [1.165, 1.54) is 0 Å². The van der Waals surface area contributed by atoms with Crippen molar-refractivity contribution in [3.05, 3.63) is 35.4 Å². The van der Waals surface area contributed by atoms with E-state index >= 15 is 0 Å². The molecule has 2 aliphatic heterocycles. The molecule has 0 unspecified atom stereocenters. The lowest BCUT2D eigenvalue weighted by Crippen LogP contribution is -2.55. The zero-order chi connectivity index (χ0) is 18.0. The molecule has 3 rings (SSSR count). The molecule has 0 bridgehead atoms. The second-order valence-corrected chi connectivity index (χ2v) is 6.97. The summed E-state index contributed by atoms with van der Waals surface area (Å²) in [6, 6.07) is 7.70. The first kappa shape index (κ1) is 17.9. The summed E-state index contributed by atoms with van der Waals surface area (Å²) in [5.74, 6) is -0.138. The summed E-state index contributed by atoms with van der Waals surface area (Å²) in [6.45, 7) is 3.80. The Morgan fingerprint density at radius 1 is 1.28 bits per heavy atom. The first-order valence-corrected chi connectivity index (χ1v) is 8.91. The molecule has 6 heteroatoms. The van der Waals surface area contributed by atoms with Gasteiger partial charge in [0.2, 0.25) is 5.91 Å². The van der Waals surface area contributed by atoms with Gasteiger partial charge in [0.1, 0.15) is 6.61 Å². The van der Waals surface area contributed by atoms with E-state index in [1.54, 1.807) is 11.9 Å². The minimum atomic E-state index is -0.663. The third-order valence-corrected chi connectivity index (χ3v) is 5.44. The van der Waals surface area contributed by atoms with Gasteiger partial charge < -0.3 is 19.9 Å². The first-order chi connectivity index (χ1) is 12.0. The van der Waals surface area contributed by atoms with Crippen LogP contribution in [-0.4, -0.2) is 67.6 Å². The summed E-state index contributed by atoms with van der Waals surface area (Å²) in [7, 11) is 3.61. The number of amides is 2. The van der Waals surface area contributed by atoms with Crippen molar-refractivity contribution in [3.8, 4) is 0 Å². The van der Waals surface area contributed by atoms with Crippen LogP contribution in [0.4, 0.5) is 0 Å². The number of morpholine rings is 1. The van der Waals surface area contributed by atoms with Gasteiger partial charge in [-0.1, -0.05) is 24.3 Å². The molecular weight excluding hydrogens is 318 g/mol. The molecule has 0 aromatic heterocycles. The molecule has 2 aliphatic rings. The standard InChI is InChI=1S/C19H27N3O3/c1-13-6-4-5-7-15(13)17-18(25-12-16(23)22(17)3)19(24)21(2)14-8-10-20-11-9-14/h4-7,14,17-18,20H,8-12H2,1-3H3/t17-,18+/m1/s1. The van der Waals surface area contributed by atoms with Crippen LogP contribution >= 0.6 is 0 Å². The van der Waals surface area contributed by atoms with Gasteiger partial charge in [0, 0.05) is 20.1 Å². The number of rotatable bonds is 3. The van der Waals surface area contributed by atoms with Crippen LogP contribution in [0.25, 0.3) is 0 Å². The van der Waals surface area contributed by atoms with Gasteiger partial charge in [0.15, 0.2) is 6.10 Å². The Kier molecular flexibility index (Phi) is 5.39. The topological polar surface area (TPSA) is 61.9 Å². The van der Waals surface area contributed by atoms with Gasteiger partial charge in [-0.25, -0.2) is 0 Å². The molecular formula is C19H27N3O3. The molecule has 25 heavy (non-hydrogen) atoms. The third-order valence-electron chi connectivity index (χ3n) is 5.44. The second kappa shape index (κ2) is 7.54. The fourth-order valence-corrected chi connectivity index (χ4v) is 3.78. The van der Waals surface area contributed by atoms with Crippen LogP contribution in [0.15, 0.2) is 24.3 Å². The molecule has 0 saturated carbocycles. The van der Waals surface area contributed by atoms with E-state index in [4.69, 9.17) is 4.74 Å². The highest BCUT2D eigenvalue weighted by Crippen LogP contribution is 2.32. The van der Waals surface area contributed by atoms with Crippen LogP contribution in [0, 0.1) is 6.92 Å². The molecule has 1 N–H and O–H groups in total. The Morgan fingerprint density at radius 2 is 1.96 bits per heavy atom. The van der Waals surface area contributed by atoms with E-state index in [-0.39, 0.29) is 30.5 Å². The van der Waals surface area contributed by atoms with Crippen LogP contribution in [-0.2, 0) is 14.3 Å². The summed E-state index contributed by atoms with van der Waals surface area (Å²) >= 11 is 0. The van der Waals surface area contributed by atoms with Gasteiger partial charge in [0.05, 0.1) is 6.04 Å². The highest BCUT2D eigenvalue weighted by atomic mass is 16.5. The smallest absolute Gasteiger partial charge is 0.254 e. The number of hydrogen-bond donors (Lipinski definition) is 1. The normalized spacial score (nSPS) is 25.1. The van der Waals surface area contributed by atoms with Crippen LogP contribution in [0.3, 0.4) is 0 Å². The van der Waals surface area contributed by atoms with Crippen molar-refractivity contribution in [2.75, 3.05) is 33.8 Å². The van der Waals surface area contributed by atoms with E-state index < -0.39 is 6.10 Å². The van der Waals surface area contributed by atoms with E-state index in [0.717, 1.165) is 37.1 Å². The lowest BCUT2D eigenvalue weighted by atomic mass is 9.93. The Bertz CT molecular complexity index is 643. The molecule has 0 radical (unpaired) electrons. The Hall–Kier alpha value is -1.92. The molecule has 2 atom stereocenters. The molecule has 6 nitrogen and oxygen atoms in total. The number of carbonyl (C=O) groups is 2. The summed E-state index contributed by atoms with van der Waals surface area (Å²) in [5, 5.41) is 3.32. The Morgan fingerprint density at radius 3 is 2.64 bits per heavy atom. The molecule has 2 saturated heterocycles. The number of aryl methyl sites for hydroxylation is 1. The van der Waals surface area contributed by atoms with Gasteiger partial charge in [-0.3, -0.25) is 9.59 Å². The summed E-state index contributed by atoms with van der Waals surface area (Å²) in [6.07, 6.45) is 1.22. The number of nitrogens with one attached hydrogen (secondary N) is 1. The van der Waals surface area contributed by atoms with Crippen molar-refractivity contribution >= 4 is 11.8 Å². The van der Waals surface area contributed by atoms with Gasteiger partial charge in [0.25, 0.3) is 5.91 Å². The average molecular weight is 345 g/mol. The SMILES string of the molecule is Cc1ccccc1[C@@H]1[C@@H](C(=O)N(C)C2CCNCC2)OCC(=O)N1C. The van der Waals surface area contributed by atoms with Gasteiger partial charge >= 0.3 is 0 Å². The van der Waals surface area contributed by atoms with Crippen LogP contribution < -0.4 is 5.32 Å². The van der Waals surface area contributed by atoms with Gasteiger partial charge in [-0.15, -0.1) is 0 Å². The van der Waals surface area contributed by atoms with Crippen LogP contribution in [0.1, 0.15) is 30.0 Å². The molecule has 0 spiro atoms. The quantitative estimate of drug-likeness (QED) is 0.891. The van der Waals surface area contributed by atoms with Crippen molar-refractivity contribution < 1.29 is 14.3 Å². The molecule has 136 valence electrons. The summed E-state index contributed by atoms with van der Waals surface area (Å²) in [4.78, 5) is 28.9. The van der Waals surface area contributed by atoms with Crippen molar-refractivity contribution in [2.45, 2.75) is 38.0 Å². The predicted octanol–water partition coefficient (Wildman–Crippen LogP) is 1.10. The van der Waals surface area contributed by atoms with E-state index in [9.17, 15) is 9.59 Å². The maximum Gasteiger partial charge on any atom is 0.254 e. The van der Waals surface area contributed by atoms with E-state index in [0.29, 0.717) is 0 Å². The average Bonchev–Trinajstić information content (AvgIpc) is 2.64. The van der Waals surface area contributed by atoms with E-state index in [2.05, 4.69) is 5.32 Å². The number of hydrogen-bond acceptors (Lipinski definition) is 4. The molecule has 2 amide bonds. The van der Waals surface area contributed by atoms with Crippen LogP contribution in [0.5, 0.6) is 0 Å². The first-order valence-electron chi connectivity index (χ1n) is 8.91. The molecule has 1 aromatic carbocycles. The second-order valence-electron chi connectivity index (χ2n) is 6.97. The molecule has 0 aliphatic carbocycles. The van der Waals surface area contributed by atoms with Gasteiger partial charge in [-0.05, 0) is 44.0 Å². The predicted molar refractivity (Wildman–Crippen MR) is 95.1 cm³/mol. The van der Waals surface area contributed by atoms with Crippen molar-refractivity contribution in [1.82, 2.24) is 15.1 Å². The summed E-state index contributed by atoms with van der Waals surface area (Å²) < 4.78 is 5.76. The number of benzene rings is 1. The number of carbonyl (C=O) groups excluding carboxylic acids is 2. The highest BCUT2D eigenvalue weighted by Gasteiger charge is 2.42. The monoisotopic (exact) mass is 345 g/mol. The highest BCUT2D eigenvalue weighted by molar-refractivity contribution is 5.86. The van der Waals surface area contributed by atoms with Crippen LogP contribution in [0.2, 0.25) is 0 Å². The zero-order valence-electron chi connectivity index (χ0n) is 15.2. The number of likely N-dealkylation sites (N-methyl/N-ethyl adjacent to an activating group) is 2. The van der Waals surface area contributed by atoms with Crippen molar-refractivity contribution in [2.24, 2.45) is 0 Å². The van der Waals surface area contributed by atoms with E-state index in [1.807, 2.05) is 43.1 Å². The largest absolute Gasteiger partial charge is 0.356 e. The fourth-order valence-electron chi connectivity index (χ4n) is 3.78. The lowest BCUT2D eigenvalue weighted by molar-refractivity contribution is -0.168. The molecule has 1 aromatic rings. The lowest BCUT2D eigenvalue weighted by Gasteiger charge is -2.42. The minimum absolute atomic E-state index is 0.0421. The third kappa shape index (κ3) is 3.55. The minimum Gasteiger partial charge on any atom is -0.356 e.